The minimum absolute atomic E-state index is 0.0359. The highest BCUT2D eigenvalue weighted by molar-refractivity contribution is 7.79. The van der Waals surface area contributed by atoms with Crippen LogP contribution in [0.4, 0.5) is 0 Å². The summed E-state index contributed by atoms with van der Waals surface area (Å²) in [5.41, 5.74) is 0.798. The molecule has 2 rings (SSSR count). The molecule has 0 spiro atoms. The number of thiocarbonyl (C=S) groups is 1. The number of ether oxygens (including phenoxy) is 2. The van der Waals surface area contributed by atoms with Crippen LogP contribution in [0.5, 0.6) is 5.75 Å². The number of benzene rings is 1. The molecule has 1 heterocycles. The van der Waals surface area contributed by atoms with Crippen molar-refractivity contribution in [3.63, 3.8) is 0 Å². The smallest absolute Gasteiger partial charge is 0.358 e. The fourth-order valence-corrected chi connectivity index (χ4v) is 1.38. The maximum absolute atomic E-state index is 10.8. The Balaban J connectivity index is 2.54. The highest BCUT2D eigenvalue weighted by Crippen LogP contribution is 2.28. The molecule has 0 fully saturated rings. The van der Waals surface area contributed by atoms with Crippen molar-refractivity contribution in [2.75, 3.05) is 0 Å². The highest BCUT2D eigenvalue weighted by atomic mass is 32.1. The first-order valence-electron chi connectivity index (χ1n) is 3.88. The Bertz CT molecular complexity index is 413. The van der Waals surface area contributed by atoms with Gasteiger partial charge in [0, 0.05) is 17.8 Å². The van der Waals surface area contributed by atoms with E-state index in [0.717, 1.165) is 0 Å². The van der Waals surface area contributed by atoms with Gasteiger partial charge in [-0.1, -0.05) is 12.1 Å². The molecule has 4 nitrogen and oxygen atoms in total. The zero-order chi connectivity index (χ0) is 10.1. The van der Waals surface area contributed by atoms with E-state index < -0.39 is 5.97 Å². The SMILES string of the molecule is O=C(O)c1cccc2c1OC(=S)OC2. The molecule has 14 heavy (non-hydrogen) atoms. The highest BCUT2D eigenvalue weighted by Gasteiger charge is 2.21. The molecule has 1 aliphatic heterocycles. The largest absolute Gasteiger partial charge is 0.478 e. The molecule has 0 radical (unpaired) electrons. The monoisotopic (exact) mass is 210 g/mol. The van der Waals surface area contributed by atoms with Crippen LogP contribution in [0.3, 0.4) is 0 Å². The number of para-hydroxylation sites is 1. The molecule has 0 bridgehead atoms. The average Bonchev–Trinajstić information content (AvgIpc) is 2.16. The number of carbonyl (C=O) groups is 1. The first kappa shape index (κ1) is 8.96. The quantitative estimate of drug-likeness (QED) is 0.713. The lowest BCUT2D eigenvalue weighted by molar-refractivity contribution is 0.0692. The van der Waals surface area contributed by atoms with Gasteiger partial charge >= 0.3 is 11.2 Å². The van der Waals surface area contributed by atoms with Crippen molar-refractivity contribution in [2.24, 2.45) is 0 Å². The van der Waals surface area contributed by atoms with E-state index in [2.05, 4.69) is 0 Å². The summed E-state index contributed by atoms with van der Waals surface area (Å²) in [6.07, 6.45) is 0. The van der Waals surface area contributed by atoms with Crippen LogP contribution in [-0.2, 0) is 11.3 Å². The molecule has 1 N–H and O–H groups in total. The van der Waals surface area contributed by atoms with Crippen LogP contribution in [0.2, 0.25) is 0 Å². The van der Waals surface area contributed by atoms with Gasteiger partial charge in [0.2, 0.25) is 0 Å². The molecule has 5 heteroatoms. The van der Waals surface area contributed by atoms with E-state index in [0.29, 0.717) is 5.56 Å². The molecule has 0 amide bonds. The Morgan fingerprint density at radius 3 is 3.00 bits per heavy atom. The summed E-state index contributed by atoms with van der Waals surface area (Å²) in [6, 6.07) is 4.85. The van der Waals surface area contributed by atoms with Crippen molar-refractivity contribution in [1.29, 1.82) is 0 Å². The zero-order valence-corrected chi connectivity index (χ0v) is 7.84. The second-order valence-corrected chi connectivity index (χ2v) is 3.07. The van der Waals surface area contributed by atoms with Gasteiger partial charge in [0.05, 0.1) is 0 Å². The predicted molar refractivity (Wildman–Crippen MR) is 51.4 cm³/mol. The molecule has 0 saturated heterocycles. The number of rotatable bonds is 1. The molecule has 0 atom stereocenters. The number of aromatic carboxylic acids is 1. The summed E-state index contributed by atoms with van der Waals surface area (Å²) < 4.78 is 10.0. The van der Waals surface area contributed by atoms with E-state index in [-0.39, 0.29) is 23.2 Å². The fraction of sp³-hybridized carbons (Fsp3) is 0.111. The lowest BCUT2D eigenvalue weighted by atomic mass is 10.1. The Kier molecular flexibility index (Phi) is 2.09. The maximum atomic E-state index is 10.8. The third kappa shape index (κ3) is 1.42. The third-order valence-corrected chi connectivity index (χ3v) is 2.06. The minimum Gasteiger partial charge on any atom is -0.478 e. The number of hydrogen-bond acceptors (Lipinski definition) is 4. The van der Waals surface area contributed by atoms with Crippen LogP contribution < -0.4 is 4.74 Å². The van der Waals surface area contributed by atoms with Crippen LogP contribution in [0.15, 0.2) is 18.2 Å². The first-order valence-corrected chi connectivity index (χ1v) is 4.29. The van der Waals surface area contributed by atoms with E-state index in [1.54, 1.807) is 12.1 Å². The van der Waals surface area contributed by atoms with Gasteiger partial charge < -0.3 is 14.6 Å². The molecule has 1 aromatic carbocycles. The van der Waals surface area contributed by atoms with Gasteiger partial charge in [-0.25, -0.2) is 4.79 Å². The van der Waals surface area contributed by atoms with Gasteiger partial charge in [-0.2, -0.15) is 0 Å². The zero-order valence-electron chi connectivity index (χ0n) is 7.02. The van der Waals surface area contributed by atoms with Crippen LogP contribution in [-0.4, -0.2) is 16.3 Å². The molecule has 0 saturated carbocycles. The molecule has 0 aliphatic carbocycles. The Morgan fingerprint density at radius 2 is 2.29 bits per heavy atom. The fourth-order valence-electron chi connectivity index (χ4n) is 1.24. The number of hydrogen-bond donors (Lipinski definition) is 1. The van der Waals surface area contributed by atoms with Crippen molar-refractivity contribution in [3.05, 3.63) is 29.3 Å². The second-order valence-electron chi connectivity index (χ2n) is 2.74. The van der Waals surface area contributed by atoms with Gasteiger partial charge in [0.1, 0.15) is 12.2 Å². The van der Waals surface area contributed by atoms with Gasteiger partial charge in [-0.05, 0) is 6.07 Å². The lowest BCUT2D eigenvalue weighted by Gasteiger charge is -2.19. The van der Waals surface area contributed by atoms with Crippen molar-refractivity contribution < 1.29 is 19.4 Å². The van der Waals surface area contributed by atoms with Crippen molar-refractivity contribution in [1.82, 2.24) is 0 Å². The Labute approximate surface area is 85.1 Å². The third-order valence-electron chi connectivity index (χ3n) is 1.86. The second kappa shape index (κ2) is 3.26. The summed E-state index contributed by atoms with van der Waals surface area (Å²) >= 11 is 4.69. The molecule has 72 valence electrons. The summed E-state index contributed by atoms with van der Waals surface area (Å²) in [7, 11) is 0. The predicted octanol–water partition coefficient (Wildman–Crippen LogP) is 1.58. The lowest BCUT2D eigenvalue weighted by Crippen LogP contribution is -2.19. The molecular formula is C9H6O4S. The van der Waals surface area contributed by atoms with Crippen LogP contribution >= 0.6 is 12.2 Å². The number of carboxylic acid groups (broad SMARTS) is 1. The number of fused-ring (bicyclic) bond motifs is 1. The maximum Gasteiger partial charge on any atom is 0.358 e. The van der Waals surface area contributed by atoms with Crippen LogP contribution in [0.1, 0.15) is 15.9 Å². The average molecular weight is 210 g/mol. The minimum atomic E-state index is -1.04. The van der Waals surface area contributed by atoms with Crippen molar-refractivity contribution >= 4 is 23.4 Å². The number of carboxylic acids is 1. The van der Waals surface area contributed by atoms with E-state index in [4.69, 9.17) is 26.8 Å². The molecule has 0 unspecified atom stereocenters. The standard InChI is InChI=1S/C9H6O4S/c10-8(11)6-3-1-2-5-4-12-9(14)13-7(5)6/h1-3H,4H2,(H,10,11). The topological polar surface area (TPSA) is 55.8 Å². The normalized spacial score (nSPS) is 13.9. The van der Waals surface area contributed by atoms with Crippen LogP contribution in [0.25, 0.3) is 0 Å². The Morgan fingerprint density at radius 1 is 1.50 bits per heavy atom. The Hall–Kier alpha value is -1.62. The van der Waals surface area contributed by atoms with Crippen LogP contribution in [0, 0.1) is 0 Å². The summed E-state index contributed by atoms with van der Waals surface area (Å²) in [6.45, 7) is 0.259. The molecule has 1 aromatic rings. The first-order chi connectivity index (χ1) is 6.68. The summed E-state index contributed by atoms with van der Waals surface area (Å²) in [5, 5.41) is 8.83. The van der Waals surface area contributed by atoms with E-state index in [1.165, 1.54) is 6.07 Å². The van der Waals surface area contributed by atoms with E-state index >= 15 is 0 Å². The van der Waals surface area contributed by atoms with Crippen molar-refractivity contribution in [2.45, 2.75) is 6.61 Å². The molecule has 0 aromatic heterocycles. The summed E-state index contributed by atoms with van der Waals surface area (Å²) in [4.78, 5) is 10.8. The van der Waals surface area contributed by atoms with Gasteiger partial charge in [-0.15, -0.1) is 0 Å². The summed E-state index contributed by atoms with van der Waals surface area (Å²) in [5.74, 6) is -0.747. The van der Waals surface area contributed by atoms with Crippen molar-refractivity contribution in [3.8, 4) is 5.75 Å². The van der Waals surface area contributed by atoms with Gasteiger partial charge in [0.15, 0.2) is 5.75 Å². The van der Waals surface area contributed by atoms with E-state index in [1.807, 2.05) is 0 Å². The van der Waals surface area contributed by atoms with E-state index in [9.17, 15) is 4.79 Å². The van der Waals surface area contributed by atoms with Gasteiger partial charge in [-0.3, -0.25) is 0 Å². The van der Waals surface area contributed by atoms with Gasteiger partial charge in [0.25, 0.3) is 0 Å². The molecular weight excluding hydrogens is 204 g/mol. The molecule has 1 aliphatic rings.